The summed E-state index contributed by atoms with van der Waals surface area (Å²) >= 11 is 1.24. The van der Waals surface area contributed by atoms with Crippen LogP contribution in [-0.2, 0) is 9.84 Å². The highest BCUT2D eigenvalue weighted by Gasteiger charge is 2.34. The molecule has 2 heterocycles. The second-order valence-corrected chi connectivity index (χ2v) is 9.11. The first-order valence-corrected chi connectivity index (χ1v) is 10.2. The highest BCUT2D eigenvalue weighted by atomic mass is 32.2. The Kier molecular flexibility index (Phi) is 4.14. The third-order valence-corrected chi connectivity index (χ3v) is 7.76. The lowest BCUT2D eigenvalue weighted by Crippen LogP contribution is -2.42. The number of piperidine rings is 1. The first kappa shape index (κ1) is 15.1. The number of rotatable bonds is 3. The van der Waals surface area contributed by atoms with Crippen LogP contribution in [0.3, 0.4) is 0 Å². The molecule has 118 valence electrons. The van der Waals surface area contributed by atoms with Crippen molar-refractivity contribution in [2.24, 2.45) is 11.8 Å². The molecule has 0 aromatic carbocycles. The first-order valence-electron chi connectivity index (χ1n) is 7.75. The van der Waals surface area contributed by atoms with Crippen molar-refractivity contribution in [3.05, 3.63) is 0 Å². The van der Waals surface area contributed by atoms with Crippen LogP contribution in [-0.4, -0.2) is 31.6 Å². The third kappa shape index (κ3) is 2.77. The molecule has 1 saturated carbocycles. The number of hydrogen-bond donors (Lipinski definition) is 1. The zero-order chi connectivity index (χ0) is 15.0. The smallest absolute Gasteiger partial charge is 0.184 e. The predicted molar refractivity (Wildman–Crippen MR) is 86.5 cm³/mol. The van der Waals surface area contributed by atoms with Crippen molar-refractivity contribution in [1.29, 1.82) is 0 Å². The monoisotopic (exact) mass is 329 g/mol. The van der Waals surface area contributed by atoms with Gasteiger partial charge in [-0.05, 0) is 36.2 Å². The van der Waals surface area contributed by atoms with Gasteiger partial charge in [0.25, 0.3) is 0 Å². The van der Waals surface area contributed by atoms with Crippen LogP contribution in [0.4, 0.5) is 10.8 Å². The summed E-state index contributed by atoms with van der Waals surface area (Å²) in [4.78, 5) is 2.48. The summed E-state index contributed by atoms with van der Waals surface area (Å²) in [5, 5.41) is 0.762. The molecular formula is C14H23N3O2S2. The molecule has 2 N–H and O–H groups in total. The molecule has 2 unspecified atom stereocenters. The maximum absolute atomic E-state index is 12.3. The first-order chi connectivity index (χ1) is 10.0. The molecule has 3 rings (SSSR count). The Morgan fingerprint density at radius 2 is 2.00 bits per heavy atom. The average Bonchev–Trinajstić information content (AvgIpc) is 2.89. The van der Waals surface area contributed by atoms with E-state index in [1.165, 1.54) is 37.2 Å². The molecule has 0 bridgehead atoms. The summed E-state index contributed by atoms with van der Waals surface area (Å²) in [6.07, 6.45) is 6.42. The minimum absolute atomic E-state index is 0.0719. The molecule has 0 spiro atoms. The number of aromatic nitrogens is 1. The Morgan fingerprint density at radius 3 is 2.71 bits per heavy atom. The second kappa shape index (κ2) is 5.76. The van der Waals surface area contributed by atoms with E-state index in [0.29, 0.717) is 5.92 Å². The van der Waals surface area contributed by atoms with Crippen molar-refractivity contribution in [2.45, 2.75) is 43.9 Å². The van der Waals surface area contributed by atoms with E-state index in [9.17, 15) is 8.42 Å². The quantitative estimate of drug-likeness (QED) is 0.922. The number of fused-ring (bicyclic) bond motifs is 1. The highest BCUT2D eigenvalue weighted by molar-refractivity contribution is 7.91. The summed E-state index contributed by atoms with van der Waals surface area (Å²) in [6, 6.07) is 0. The number of hydrogen-bond acceptors (Lipinski definition) is 6. The van der Waals surface area contributed by atoms with Gasteiger partial charge in [-0.3, -0.25) is 0 Å². The zero-order valence-electron chi connectivity index (χ0n) is 12.4. The van der Waals surface area contributed by atoms with Crippen molar-refractivity contribution in [3.63, 3.8) is 0 Å². The van der Waals surface area contributed by atoms with Crippen molar-refractivity contribution in [1.82, 2.24) is 4.37 Å². The van der Waals surface area contributed by atoms with Gasteiger partial charge in [-0.1, -0.05) is 26.2 Å². The number of sulfone groups is 1. The summed E-state index contributed by atoms with van der Waals surface area (Å²) in [5.41, 5.74) is 5.84. The van der Waals surface area contributed by atoms with Crippen LogP contribution < -0.4 is 10.6 Å². The lowest BCUT2D eigenvalue weighted by Gasteiger charge is -2.41. The third-order valence-electron chi connectivity index (χ3n) is 4.93. The van der Waals surface area contributed by atoms with E-state index in [-0.39, 0.29) is 16.5 Å². The zero-order valence-corrected chi connectivity index (χ0v) is 14.0. The van der Waals surface area contributed by atoms with Gasteiger partial charge < -0.3 is 10.6 Å². The molecule has 0 radical (unpaired) electrons. The Labute approximate surface area is 130 Å². The van der Waals surface area contributed by atoms with Gasteiger partial charge in [0.05, 0.1) is 5.75 Å². The normalized spacial score (nSPS) is 26.6. The molecule has 1 aromatic rings. The van der Waals surface area contributed by atoms with Crippen molar-refractivity contribution in [3.8, 4) is 0 Å². The largest absolute Gasteiger partial charge is 0.382 e. The number of anilines is 2. The number of nitrogen functional groups attached to an aromatic ring is 1. The van der Waals surface area contributed by atoms with Gasteiger partial charge in [-0.25, -0.2) is 8.42 Å². The van der Waals surface area contributed by atoms with Crippen molar-refractivity contribution >= 4 is 32.2 Å². The van der Waals surface area contributed by atoms with Crippen LogP contribution >= 0.6 is 11.5 Å². The molecular weight excluding hydrogens is 306 g/mol. The fourth-order valence-corrected chi connectivity index (χ4v) is 6.05. The molecule has 1 aromatic heterocycles. The van der Waals surface area contributed by atoms with Gasteiger partial charge in [-0.2, -0.15) is 4.37 Å². The minimum Gasteiger partial charge on any atom is -0.382 e. The van der Waals surface area contributed by atoms with E-state index in [1.807, 2.05) is 0 Å². The van der Waals surface area contributed by atoms with Gasteiger partial charge in [0, 0.05) is 13.1 Å². The van der Waals surface area contributed by atoms with Gasteiger partial charge >= 0.3 is 0 Å². The van der Waals surface area contributed by atoms with Crippen LogP contribution in [0.25, 0.3) is 0 Å². The summed E-state index contributed by atoms with van der Waals surface area (Å²) < 4.78 is 28.7. The number of nitrogens with two attached hydrogens (primary N) is 1. The van der Waals surface area contributed by atoms with Gasteiger partial charge in [0.15, 0.2) is 15.7 Å². The standard InChI is InChI=1S/C14H23N3O2S2/c1-2-21(18,19)12-13(15)16-20-14(12)17-8-7-10-5-3-4-6-11(10)9-17/h10-11H,2-9H2,1H3,(H2,15,16). The summed E-state index contributed by atoms with van der Waals surface area (Å²) in [5.74, 6) is 1.77. The molecule has 2 fully saturated rings. The molecule has 2 atom stereocenters. The maximum Gasteiger partial charge on any atom is 0.184 e. The molecule has 7 heteroatoms. The number of nitrogens with zero attached hydrogens (tertiary/aromatic N) is 2. The molecule has 1 aliphatic heterocycles. The van der Waals surface area contributed by atoms with E-state index in [1.54, 1.807) is 6.92 Å². The average molecular weight is 329 g/mol. The van der Waals surface area contributed by atoms with Crippen LogP contribution in [0.5, 0.6) is 0 Å². The van der Waals surface area contributed by atoms with E-state index in [4.69, 9.17) is 5.73 Å². The summed E-state index contributed by atoms with van der Waals surface area (Å²) in [7, 11) is -3.31. The van der Waals surface area contributed by atoms with Gasteiger partial charge in [0.2, 0.25) is 0 Å². The highest BCUT2D eigenvalue weighted by Crippen LogP contribution is 2.41. The van der Waals surface area contributed by atoms with Gasteiger partial charge in [0.1, 0.15) is 9.90 Å². The molecule has 0 amide bonds. The molecule has 5 nitrogen and oxygen atoms in total. The molecule has 1 aliphatic carbocycles. The molecule has 1 saturated heterocycles. The Balaban J connectivity index is 1.88. The Bertz CT molecular complexity index is 612. The lowest BCUT2D eigenvalue weighted by atomic mass is 9.75. The van der Waals surface area contributed by atoms with Crippen molar-refractivity contribution < 1.29 is 8.42 Å². The van der Waals surface area contributed by atoms with E-state index >= 15 is 0 Å². The van der Waals surface area contributed by atoms with Crippen LogP contribution in [0.15, 0.2) is 4.90 Å². The molecule has 2 aliphatic rings. The molecule has 21 heavy (non-hydrogen) atoms. The van der Waals surface area contributed by atoms with E-state index in [2.05, 4.69) is 9.27 Å². The van der Waals surface area contributed by atoms with Crippen LogP contribution in [0.1, 0.15) is 39.0 Å². The van der Waals surface area contributed by atoms with Gasteiger partial charge in [-0.15, -0.1) is 0 Å². The van der Waals surface area contributed by atoms with Crippen molar-refractivity contribution in [2.75, 3.05) is 29.5 Å². The van der Waals surface area contributed by atoms with Crippen LogP contribution in [0.2, 0.25) is 0 Å². The van der Waals surface area contributed by atoms with E-state index < -0.39 is 9.84 Å². The minimum atomic E-state index is -3.31. The second-order valence-electron chi connectivity index (χ2n) is 6.14. The maximum atomic E-state index is 12.3. The topological polar surface area (TPSA) is 76.3 Å². The fourth-order valence-electron chi connectivity index (χ4n) is 3.71. The summed E-state index contributed by atoms with van der Waals surface area (Å²) in [6.45, 7) is 3.54. The lowest BCUT2D eigenvalue weighted by molar-refractivity contribution is 0.202. The van der Waals surface area contributed by atoms with Crippen LogP contribution in [0, 0.1) is 11.8 Å². The van der Waals surface area contributed by atoms with E-state index in [0.717, 1.165) is 30.4 Å². The SMILES string of the molecule is CCS(=O)(=O)c1c(N)nsc1N1CCC2CCCCC2C1. The fraction of sp³-hybridized carbons (Fsp3) is 0.786. The Hall–Kier alpha value is -0.820. The Morgan fingerprint density at radius 1 is 1.29 bits per heavy atom. The predicted octanol–water partition coefficient (Wildman–Crippen LogP) is 2.54.